The molecule has 0 radical (unpaired) electrons. The number of aromatic nitrogens is 4. The topological polar surface area (TPSA) is 89.4 Å². The van der Waals surface area contributed by atoms with Crippen LogP contribution in [0.4, 0.5) is 5.82 Å². The molecule has 7 nitrogen and oxygen atoms in total. The number of primary amides is 1. The standard InChI is InChI=1S/C13H18N6O/c1-9-5-12(19-13(17-9)15-8-16-19)18-4-2-3-10(7-18)6-11(14)20/h5,8,10H,2-4,6-7H2,1H3,(H2,14,20). The van der Waals surface area contributed by atoms with Crippen molar-refractivity contribution in [3.05, 3.63) is 18.1 Å². The summed E-state index contributed by atoms with van der Waals surface area (Å²) in [5, 5.41) is 4.23. The van der Waals surface area contributed by atoms with Gasteiger partial charge >= 0.3 is 0 Å². The number of anilines is 1. The number of nitrogens with zero attached hydrogens (tertiary/aromatic N) is 5. The lowest BCUT2D eigenvalue weighted by Crippen LogP contribution is -2.38. The SMILES string of the molecule is Cc1cc(N2CCCC(CC(N)=O)C2)n2ncnc2n1. The van der Waals surface area contributed by atoms with Gasteiger partial charge in [0.15, 0.2) is 0 Å². The van der Waals surface area contributed by atoms with Crippen LogP contribution in [0, 0.1) is 12.8 Å². The summed E-state index contributed by atoms with van der Waals surface area (Å²) in [6, 6.07) is 2.01. The summed E-state index contributed by atoms with van der Waals surface area (Å²) in [6.07, 6.45) is 4.05. The second kappa shape index (κ2) is 5.07. The van der Waals surface area contributed by atoms with E-state index >= 15 is 0 Å². The van der Waals surface area contributed by atoms with Crippen LogP contribution in [0.3, 0.4) is 0 Å². The predicted molar refractivity (Wildman–Crippen MR) is 74.3 cm³/mol. The second-order valence-electron chi connectivity index (χ2n) is 5.35. The van der Waals surface area contributed by atoms with E-state index in [-0.39, 0.29) is 5.91 Å². The van der Waals surface area contributed by atoms with Crippen LogP contribution in [0.15, 0.2) is 12.4 Å². The first-order chi connectivity index (χ1) is 9.63. The minimum atomic E-state index is -0.228. The summed E-state index contributed by atoms with van der Waals surface area (Å²) in [6.45, 7) is 3.72. The van der Waals surface area contributed by atoms with Crippen LogP contribution in [0.25, 0.3) is 5.78 Å². The first-order valence-corrected chi connectivity index (χ1v) is 6.84. The average molecular weight is 274 g/mol. The highest BCUT2D eigenvalue weighted by molar-refractivity contribution is 5.74. The zero-order chi connectivity index (χ0) is 14.1. The van der Waals surface area contributed by atoms with Gasteiger partial charge in [0, 0.05) is 31.3 Å². The van der Waals surface area contributed by atoms with Gasteiger partial charge in [-0.2, -0.15) is 14.6 Å². The zero-order valence-corrected chi connectivity index (χ0v) is 11.5. The van der Waals surface area contributed by atoms with E-state index in [0.29, 0.717) is 18.1 Å². The minimum Gasteiger partial charge on any atom is -0.370 e. The lowest BCUT2D eigenvalue weighted by molar-refractivity contribution is -0.118. The molecular formula is C13H18N6O. The van der Waals surface area contributed by atoms with Crippen molar-refractivity contribution in [2.24, 2.45) is 11.7 Å². The van der Waals surface area contributed by atoms with Gasteiger partial charge in [-0.15, -0.1) is 0 Å². The van der Waals surface area contributed by atoms with Crippen molar-refractivity contribution >= 4 is 17.5 Å². The van der Waals surface area contributed by atoms with Gasteiger partial charge in [0.2, 0.25) is 5.91 Å². The molecule has 0 aromatic carbocycles. The summed E-state index contributed by atoms with van der Waals surface area (Å²) >= 11 is 0. The Bertz CT molecular complexity index is 637. The van der Waals surface area contributed by atoms with E-state index < -0.39 is 0 Å². The Morgan fingerprint density at radius 1 is 1.55 bits per heavy atom. The molecule has 0 aliphatic carbocycles. The van der Waals surface area contributed by atoms with E-state index in [1.54, 1.807) is 4.52 Å². The molecule has 0 spiro atoms. The van der Waals surface area contributed by atoms with Gasteiger partial charge in [-0.1, -0.05) is 0 Å². The van der Waals surface area contributed by atoms with Crippen LogP contribution in [-0.2, 0) is 4.79 Å². The Kier molecular flexibility index (Phi) is 3.25. The predicted octanol–water partition coefficient (Wildman–Crippen LogP) is 0.525. The van der Waals surface area contributed by atoms with Crippen molar-refractivity contribution in [2.45, 2.75) is 26.2 Å². The lowest BCUT2D eigenvalue weighted by Gasteiger charge is -2.33. The molecule has 7 heteroatoms. The van der Waals surface area contributed by atoms with E-state index in [4.69, 9.17) is 5.73 Å². The van der Waals surface area contributed by atoms with Gasteiger partial charge in [0.05, 0.1) is 0 Å². The Balaban J connectivity index is 1.90. The Morgan fingerprint density at radius 3 is 3.20 bits per heavy atom. The Hall–Kier alpha value is -2.18. The van der Waals surface area contributed by atoms with Crippen LogP contribution >= 0.6 is 0 Å². The van der Waals surface area contributed by atoms with Crippen molar-refractivity contribution in [3.8, 4) is 0 Å². The molecule has 1 amide bonds. The average Bonchev–Trinajstić information content (AvgIpc) is 2.85. The highest BCUT2D eigenvalue weighted by atomic mass is 16.1. The molecular weight excluding hydrogens is 256 g/mol. The molecule has 20 heavy (non-hydrogen) atoms. The number of fused-ring (bicyclic) bond motifs is 1. The fourth-order valence-corrected chi connectivity index (χ4v) is 2.86. The van der Waals surface area contributed by atoms with Crippen molar-refractivity contribution in [1.82, 2.24) is 19.6 Å². The van der Waals surface area contributed by atoms with E-state index in [9.17, 15) is 4.79 Å². The smallest absolute Gasteiger partial charge is 0.254 e. The number of carbonyl (C=O) groups is 1. The Labute approximate surface area is 116 Å². The largest absolute Gasteiger partial charge is 0.370 e. The maximum Gasteiger partial charge on any atom is 0.254 e. The summed E-state index contributed by atoms with van der Waals surface area (Å²) in [5.74, 6) is 1.68. The van der Waals surface area contributed by atoms with Crippen molar-refractivity contribution in [3.63, 3.8) is 0 Å². The molecule has 2 aromatic heterocycles. The molecule has 1 unspecified atom stereocenters. The molecule has 1 atom stereocenters. The van der Waals surface area contributed by atoms with E-state index in [0.717, 1.165) is 37.4 Å². The van der Waals surface area contributed by atoms with Crippen LogP contribution < -0.4 is 10.6 Å². The number of amides is 1. The number of hydrogen-bond acceptors (Lipinski definition) is 5. The molecule has 2 aromatic rings. The Morgan fingerprint density at radius 2 is 2.40 bits per heavy atom. The maximum atomic E-state index is 11.1. The van der Waals surface area contributed by atoms with Gasteiger partial charge in [0.25, 0.3) is 5.78 Å². The van der Waals surface area contributed by atoms with E-state index in [2.05, 4.69) is 20.0 Å². The molecule has 0 saturated carbocycles. The van der Waals surface area contributed by atoms with Crippen LogP contribution in [0.2, 0.25) is 0 Å². The van der Waals surface area contributed by atoms with Gasteiger partial charge < -0.3 is 10.6 Å². The van der Waals surface area contributed by atoms with Gasteiger partial charge in [0.1, 0.15) is 12.1 Å². The number of rotatable bonds is 3. The lowest BCUT2D eigenvalue weighted by atomic mass is 9.94. The molecule has 106 valence electrons. The van der Waals surface area contributed by atoms with Crippen LogP contribution in [0.1, 0.15) is 25.0 Å². The molecule has 1 fully saturated rings. The van der Waals surface area contributed by atoms with Crippen LogP contribution in [0.5, 0.6) is 0 Å². The number of carbonyl (C=O) groups excluding carboxylic acids is 1. The number of nitrogens with two attached hydrogens (primary N) is 1. The van der Waals surface area contributed by atoms with Crippen molar-refractivity contribution in [2.75, 3.05) is 18.0 Å². The first-order valence-electron chi connectivity index (χ1n) is 6.84. The van der Waals surface area contributed by atoms with Gasteiger partial charge in [-0.3, -0.25) is 4.79 Å². The monoisotopic (exact) mass is 274 g/mol. The summed E-state index contributed by atoms with van der Waals surface area (Å²) in [5.41, 5.74) is 6.22. The molecule has 3 rings (SSSR count). The quantitative estimate of drug-likeness (QED) is 0.881. The molecule has 2 N–H and O–H groups in total. The van der Waals surface area contributed by atoms with Gasteiger partial charge in [-0.25, -0.2) is 4.98 Å². The maximum absolute atomic E-state index is 11.1. The third kappa shape index (κ3) is 2.43. The number of aryl methyl sites for hydroxylation is 1. The summed E-state index contributed by atoms with van der Waals surface area (Å²) in [7, 11) is 0. The summed E-state index contributed by atoms with van der Waals surface area (Å²) in [4.78, 5) is 21.8. The fraction of sp³-hybridized carbons (Fsp3) is 0.538. The summed E-state index contributed by atoms with van der Waals surface area (Å²) < 4.78 is 1.75. The normalized spacial score (nSPS) is 19.4. The van der Waals surface area contributed by atoms with Crippen molar-refractivity contribution in [1.29, 1.82) is 0 Å². The van der Waals surface area contributed by atoms with Crippen LogP contribution in [-0.4, -0.2) is 38.6 Å². The number of piperidine rings is 1. The molecule has 1 aliphatic rings. The highest BCUT2D eigenvalue weighted by Gasteiger charge is 2.23. The van der Waals surface area contributed by atoms with Gasteiger partial charge in [-0.05, 0) is 25.7 Å². The second-order valence-corrected chi connectivity index (χ2v) is 5.35. The molecule has 0 bridgehead atoms. The van der Waals surface area contributed by atoms with E-state index in [1.165, 1.54) is 6.33 Å². The van der Waals surface area contributed by atoms with Crippen molar-refractivity contribution < 1.29 is 4.79 Å². The molecule has 1 aliphatic heterocycles. The number of hydrogen-bond donors (Lipinski definition) is 1. The van der Waals surface area contributed by atoms with E-state index in [1.807, 2.05) is 13.0 Å². The molecule has 1 saturated heterocycles. The highest BCUT2D eigenvalue weighted by Crippen LogP contribution is 2.25. The molecule has 3 heterocycles. The minimum absolute atomic E-state index is 0.228. The third-order valence-electron chi connectivity index (χ3n) is 3.69. The zero-order valence-electron chi connectivity index (χ0n) is 11.5. The fourth-order valence-electron chi connectivity index (χ4n) is 2.86. The third-order valence-corrected chi connectivity index (χ3v) is 3.69. The first kappa shape index (κ1) is 12.8.